The molecular formula is C26H33Si. The van der Waals surface area contributed by atoms with E-state index in [2.05, 4.69) is 90.9 Å². The standard InChI is InChI=1S/C26H33Si/c1-8-11-23-12-9-10-13-25(23)27(24-15-17(2)14-18(3)16-24)26-21(6)19(4)20(5)22(26)7/h9-10,12-16,21H,8,11H2,1-7H3. The van der Waals surface area contributed by atoms with Crippen molar-refractivity contribution in [1.29, 1.82) is 0 Å². The summed E-state index contributed by atoms with van der Waals surface area (Å²) in [7, 11) is -0.998. The van der Waals surface area contributed by atoms with Gasteiger partial charge in [-0.25, -0.2) is 0 Å². The van der Waals surface area contributed by atoms with Crippen molar-refractivity contribution >= 4 is 19.2 Å². The molecule has 0 heterocycles. The first-order valence-electron chi connectivity index (χ1n) is 10.3. The number of rotatable bonds is 5. The summed E-state index contributed by atoms with van der Waals surface area (Å²) in [6.07, 6.45) is 2.37. The molecule has 0 aromatic heterocycles. The highest BCUT2D eigenvalue weighted by molar-refractivity contribution is 6.91. The van der Waals surface area contributed by atoms with Crippen LogP contribution in [0.4, 0.5) is 0 Å². The Balaban J connectivity index is 2.26. The van der Waals surface area contributed by atoms with E-state index in [1.54, 1.807) is 32.3 Å². The molecule has 0 fully saturated rings. The maximum Gasteiger partial charge on any atom is 0.151 e. The zero-order chi connectivity index (χ0) is 19.7. The molecule has 0 saturated heterocycles. The number of aryl methyl sites for hydroxylation is 3. The van der Waals surface area contributed by atoms with Gasteiger partial charge in [0.2, 0.25) is 0 Å². The van der Waals surface area contributed by atoms with Crippen molar-refractivity contribution in [2.75, 3.05) is 0 Å². The minimum atomic E-state index is -0.998. The lowest BCUT2D eigenvalue weighted by molar-refractivity contribution is 0.853. The smallest absolute Gasteiger partial charge is 0.0651 e. The minimum Gasteiger partial charge on any atom is -0.0651 e. The second-order valence-electron chi connectivity index (χ2n) is 8.23. The van der Waals surface area contributed by atoms with Gasteiger partial charge in [0.05, 0.1) is 0 Å². The highest BCUT2D eigenvalue weighted by atomic mass is 28.3. The van der Waals surface area contributed by atoms with Gasteiger partial charge < -0.3 is 0 Å². The first-order chi connectivity index (χ1) is 12.8. The molecule has 0 nitrogen and oxygen atoms in total. The van der Waals surface area contributed by atoms with Crippen LogP contribution >= 0.6 is 0 Å². The molecule has 1 aliphatic rings. The van der Waals surface area contributed by atoms with Crippen LogP contribution in [-0.2, 0) is 6.42 Å². The van der Waals surface area contributed by atoms with Crippen molar-refractivity contribution in [3.05, 3.63) is 81.1 Å². The summed E-state index contributed by atoms with van der Waals surface area (Å²) in [5.74, 6) is 0.550. The first-order valence-corrected chi connectivity index (χ1v) is 11.8. The molecule has 2 aromatic carbocycles. The number of hydrogen-bond donors (Lipinski definition) is 0. The molecule has 0 N–H and O–H groups in total. The van der Waals surface area contributed by atoms with Gasteiger partial charge in [0, 0.05) is 0 Å². The molecule has 0 amide bonds. The Kier molecular flexibility index (Phi) is 5.91. The fraction of sp³-hybridized carbons (Fsp3) is 0.385. The highest BCUT2D eigenvalue weighted by Gasteiger charge is 2.34. The molecule has 0 spiro atoms. The van der Waals surface area contributed by atoms with Crippen LogP contribution in [0.5, 0.6) is 0 Å². The van der Waals surface area contributed by atoms with Gasteiger partial charge in [-0.2, -0.15) is 0 Å². The second kappa shape index (κ2) is 8.02. The van der Waals surface area contributed by atoms with Crippen LogP contribution < -0.4 is 10.4 Å². The maximum absolute atomic E-state index is 2.44. The Hall–Kier alpha value is -1.86. The Morgan fingerprint density at radius 1 is 0.852 bits per heavy atom. The molecule has 1 heteroatoms. The van der Waals surface area contributed by atoms with Crippen molar-refractivity contribution < 1.29 is 0 Å². The van der Waals surface area contributed by atoms with E-state index in [-0.39, 0.29) is 0 Å². The van der Waals surface area contributed by atoms with Gasteiger partial charge in [0.15, 0.2) is 8.80 Å². The normalized spacial score (nSPS) is 17.4. The van der Waals surface area contributed by atoms with Crippen LogP contribution in [0.3, 0.4) is 0 Å². The topological polar surface area (TPSA) is 0 Å². The molecule has 0 aliphatic heterocycles. The lowest BCUT2D eigenvalue weighted by Gasteiger charge is -2.26. The fourth-order valence-corrected chi connectivity index (χ4v) is 8.25. The van der Waals surface area contributed by atoms with Crippen molar-refractivity contribution in [2.45, 2.75) is 61.3 Å². The molecule has 0 saturated carbocycles. The highest BCUT2D eigenvalue weighted by Crippen LogP contribution is 2.38. The predicted molar refractivity (Wildman–Crippen MR) is 122 cm³/mol. The van der Waals surface area contributed by atoms with Crippen LogP contribution in [0.15, 0.2) is 64.4 Å². The summed E-state index contributed by atoms with van der Waals surface area (Å²) in [5, 5.41) is 4.84. The van der Waals surface area contributed by atoms with Crippen molar-refractivity contribution in [2.24, 2.45) is 5.92 Å². The molecule has 2 aromatic rings. The molecule has 1 atom stereocenters. The zero-order valence-electron chi connectivity index (χ0n) is 18.0. The SMILES string of the molecule is CCCc1ccccc1[Si](C1=C(C)C(C)=C(C)C1C)c1cc(C)cc(C)c1. The zero-order valence-corrected chi connectivity index (χ0v) is 19.0. The van der Waals surface area contributed by atoms with Gasteiger partial charge in [-0.15, -0.1) is 0 Å². The van der Waals surface area contributed by atoms with Crippen molar-refractivity contribution in [3.63, 3.8) is 0 Å². The third kappa shape index (κ3) is 3.75. The lowest BCUT2D eigenvalue weighted by Crippen LogP contribution is -2.47. The Morgan fingerprint density at radius 3 is 2.04 bits per heavy atom. The molecule has 1 unspecified atom stereocenters. The second-order valence-corrected chi connectivity index (χ2v) is 10.6. The average Bonchev–Trinajstić information content (AvgIpc) is 2.81. The largest absolute Gasteiger partial charge is 0.151 e. The summed E-state index contributed by atoms with van der Waals surface area (Å²) >= 11 is 0. The van der Waals surface area contributed by atoms with Gasteiger partial charge >= 0.3 is 0 Å². The van der Waals surface area contributed by atoms with Crippen LogP contribution in [0, 0.1) is 19.8 Å². The molecule has 27 heavy (non-hydrogen) atoms. The average molecular weight is 374 g/mol. The van der Waals surface area contributed by atoms with E-state index in [0.29, 0.717) is 5.92 Å². The van der Waals surface area contributed by atoms with Crippen LogP contribution in [0.25, 0.3) is 0 Å². The maximum atomic E-state index is 2.44. The number of benzene rings is 2. The van der Waals surface area contributed by atoms with Crippen molar-refractivity contribution in [3.8, 4) is 0 Å². The van der Waals surface area contributed by atoms with Gasteiger partial charge in [-0.05, 0) is 63.3 Å². The van der Waals surface area contributed by atoms with E-state index < -0.39 is 8.80 Å². The van der Waals surface area contributed by atoms with E-state index in [1.807, 2.05) is 0 Å². The van der Waals surface area contributed by atoms with E-state index in [4.69, 9.17) is 0 Å². The van der Waals surface area contributed by atoms with E-state index in [0.717, 1.165) is 0 Å². The van der Waals surface area contributed by atoms with Crippen LogP contribution in [0.1, 0.15) is 57.7 Å². The Morgan fingerprint density at radius 2 is 1.48 bits per heavy atom. The van der Waals surface area contributed by atoms with Gasteiger partial charge in [0.1, 0.15) is 0 Å². The summed E-state index contributed by atoms with van der Waals surface area (Å²) in [6, 6.07) is 16.4. The van der Waals surface area contributed by atoms with Gasteiger partial charge in [-0.3, -0.25) is 0 Å². The Labute approximate surface area is 167 Å². The lowest BCUT2D eigenvalue weighted by atomic mass is 10.1. The van der Waals surface area contributed by atoms with Crippen LogP contribution in [0.2, 0.25) is 0 Å². The molecule has 0 bridgehead atoms. The molecule has 1 aliphatic carbocycles. The number of hydrogen-bond acceptors (Lipinski definition) is 0. The molecule has 3 rings (SSSR count). The first kappa shape index (κ1) is 19.9. The van der Waals surface area contributed by atoms with Gasteiger partial charge in [0.25, 0.3) is 0 Å². The quantitative estimate of drug-likeness (QED) is 0.589. The summed E-state index contributed by atoms with van der Waals surface area (Å²) < 4.78 is 0. The summed E-state index contributed by atoms with van der Waals surface area (Å²) in [6.45, 7) is 16.2. The number of allylic oxidation sites excluding steroid dienone is 4. The van der Waals surface area contributed by atoms with E-state index in [9.17, 15) is 0 Å². The minimum absolute atomic E-state index is 0.550. The van der Waals surface area contributed by atoms with E-state index >= 15 is 0 Å². The third-order valence-corrected chi connectivity index (χ3v) is 9.47. The summed E-state index contributed by atoms with van der Waals surface area (Å²) in [4.78, 5) is 0. The summed E-state index contributed by atoms with van der Waals surface area (Å²) in [5.41, 5.74) is 8.92. The fourth-order valence-electron chi connectivity index (χ4n) is 4.59. The molecule has 141 valence electrons. The van der Waals surface area contributed by atoms with Crippen LogP contribution in [-0.4, -0.2) is 8.80 Å². The monoisotopic (exact) mass is 373 g/mol. The van der Waals surface area contributed by atoms with E-state index in [1.165, 1.54) is 29.5 Å². The molecule has 1 radical (unpaired) electrons. The Bertz CT molecular complexity index is 893. The third-order valence-electron chi connectivity index (χ3n) is 6.23. The predicted octanol–water partition coefficient (Wildman–Crippen LogP) is 5.71. The van der Waals surface area contributed by atoms with Crippen molar-refractivity contribution in [1.82, 2.24) is 0 Å². The molecular weight excluding hydrogens is 340 g/mol. The van der Waals surface area contributed by atoms with Gasteiger partial charge in [-0.1, -0.05) is 95.4 Å².